The van der Waals surface area contributed by atoms with E-state index in [9.17, 15) is 5.11 Å². The molecule has 1 N–H and O–H groups in total. The Morgan fingerprint density at radius 3 is 1.21 bits per heavy atom. The average Bonchev–Trinajstić information content (AvgIpc) is 2.75. The molecule has 6 rings (SSSR count). The van der Waals surface area contributed by atoms with Crippen LogP contribution in [0.25, 0.3) is 0 Å². The number of aliphatic hydroxyl groups is 1. The molecule has 0 fully saturated rings. The van der Waals surface area contributed by atoms with Gasteiger partial charge in [0.05, 0.1) is 21.3 Å². The van der Waals surface area contributed by atoms with E-state index in [0.717, 1.165) is 33.4 Å². The van der Waals surface area contributed by atoms with Gasteiger partial charge < -0.3 is 19.3 Å². The summed E-state index contributed by atoms with van der Waals surface area (Å²) in [6.07, 6.45) is 0. The van der Waals surface area contributed by atoms with Crippen molar-refractivity contribution in [3.05, 3.63) is 88.0 Å². The Kier molecular flexibility index (Phi) is 3.38. The summed E-state index contributed by atoms with van der Waals surface area (Å²) in [6.45, 7) is 2.19. The van der Waals surface area contributed by atoms with Crippen molar-refractivity contribution in [1.29, 1.82) is 0 Å². The predicted molar refractivity (Wildman–Crippen MR) is 107 cm³/mol. The van der Waals surface area contributed by atoms with Crippen LogP contribution in [0.3, 0.4) is 0 Å². The van der Waals surface area contributed by atoms with E-state index < -0.39 is 11.0 Å². The first-order chi connectivity index (χ1) is 13.5. The second-order valence-corrected chi connectivity index (χ2v) is 7.48. The summed E-state index contributed by atoms with van der Waals surface area (Å²) in [5.74, 6) is 1.96. The average molecular weight is 374 g/mol. The van der Waals surface area contributed by atoms with Gasteiger partial charge in [0.1, 0.15) is 17.2 Å². The highest BCUT2D eigenvalue weighted by molar-refractivity contribution is 5.79. The summed E-state index contributed by atoms with van der Waals surface area (Å²) in [6, 6.07) is 17.8. The second-order valence-electron chi connectivity index (χ2n) is 7.48. The molecule has 0 radical (unpaired) electrons. The van der Waals surface area contributed by atoms with Crippen molar-refractivity contribution in [3.8, 4) is 17.2 Å². The van der Waals surface area contributed by atoms with Crippen LogP contribution in [0.4, 0.5) is 0 Å². The van der Waals surface area contributed by atoms with Gasteiger partial charge in [-0.2, -0.15) is 0 Å². The third-order valence-corrected chi connectivity index (χ3v) is 6.44. The molecule has 3 aliphatic carbocycles. The minimum absolute atomic E-state index is 0.470. The summed E-state index contributed by atoms with van der Waals surface area (Å²) in [5, 5.41) is 12.5. The fourth-order valence-corrected chi connectivity index (χ4v) is 5.28. The Morgan fingerprint density at radius 1 is 0.607 bits per heavy atom. The molecule has 2 bridgehead atoms. The van der Waals surface area contributed by atoms with Crippen molar-refractivity contribution in [3.63, 3.8) is 0 Å². The molecule has 4 heteroatoms. The highest BCUT2D eigenvalue weighted by Gasteiger charge is 2.60. The van der Waals surface area contributed by atoms with E-state index in [1.165, 1.54) is 0 Å². The molecule has 0 saturated heterocycles. The maximum atomic E-state index is 12.5. The first-order valence-electron chi connectivity index (χ1n) is 9.29. The Hall–Kier alpha value is -2.98. The molecule has 142 valence electrons. The Balaban J connectivity index is 2.05. The molecule has 0 atom stereocenters. The van der Waals surface area contributed by atoms with E-state index in [-0.39, 0.29) is 0 Å². The molecule has 3 aromatic carbocycles. The van der Waals surface area contributed by atoms with Gasteiger partial charge in [-0.05, 0) is 41.8 Å². The standard InChI is InChI=1S/C24H22O4/c1-23-14-8-5-11-17(26-2)20(14)24(25,21-15(23)9-6-12-18(21)27-3)22-16(23)10-7-13-19(22)28-4/h5-13,25H,1-4H3. The first kappa shape index (κ1) is 17.1. The summed E-state index contributed by atoms with van der Waals surface area (Å²) >= 11 is 0. The molecular weight excluding hydrogens is 352 g/mol. The van der Waals surface area contributed by atoms with E-state index in [4.69, 9.17) is 14.2 Å². The van der Waals surface area contributed by atoms with E-state index in [1.54, 1.807) is 21.3 Å². The maximum absolute atomic E-state index is 12.5. The van der Waals surface area contributed by atoms with Gasteiger partial charge >= 0.3 is 0 Å². The highest BCUT2D eigenvalue weighted by atomic mass is 16.5. The van der Waals surface area contributed by atoms with Crippen molar-refractivity contribution in [1.82, 2.24) is 0 Å². The summed E-state index contributed by atoms with van der Waals surface area (Å²) in [4.78, 5) is 0. The predicted octanol–water partition coefficient (Wildman–Crippen LogP) is 3.98. The normalized spacial score (nSPS) is 23.5. The van der Waals surface area contributed by atoms with Crippen molar-refractivity contribution in [2.75, 3.05) is 21.3 Å². The first-order valence-corrected chi connectivity index (χ1v) is 9.29. The van der Waals surface area contributed by atoms with E-state index in [0.29, 0.717) is 17.2 Å². The molecule has 0 saturated carbocycles. The Morgan fingerprint density at radius 2 is 0.929 bits per heavy atom. The zero-order chi connectivity index (χ0) is 19.7. The number of ether oxygens (including phenoxy) is 3. The van der Waals surface area contributed by atoms with Crippen molar-refractivity contribution < 1.29 is 19.3 Å². The fraction of sp³-hybridized carbons (Fsp3) is 0.250. The van der Waals surface area contributed by atoms with Gasteiger partial charge in [-0.3, -0.25) is 0 Å². The van der Waals surface area contributed by atoms with Gasteiger partial charge in [0, 0.05) is 22.1 Å². The monoisotopic (exact) mass is 374 g/mol. The summed E-state index contributed by atoms with van der Waals surface area (Å²) in [7, 11) is 4.90. The molecule has 3 aliphatic rings. The molecule has 28 heavy (non-hydrogen) atoms. The lowest BCUT2D eigenvalue weighted by Crippen LogP contribution is -2.50. The minimum Gasteiger partial charge on any atom is -0.496 e. The number of hydrogen-bond donors (Lipinski definition) is 1. The molecule has 0 spiro atoms. The molecule has 0 aliphatic heterocycles. The largest absolute Gasteiger partial charge is 0.496 e. The number of hydrogen-bond acceptors (Lipinski definition) is 4. The van der Waals surface area contributed by atoms with Crippen LogP contribution in [-0.2, 0) is 11.0 Å². The molecule has 3 aromatic rings. The number of benzene rings is 3. The number of rotatable bonds is 3. The lowest BCUT2D eigenvalue weighted by molar-refractivity contribution is 0.0970. The van der Waals surface area contributed by atoms with E-state index >= 15 is 0 Å². The molecule has 0 unspecified atom stereocenters. The SMILES string of the molecule is COc1cccc2c1C1(O)c3c(OC)cccc3C2(C)c2cccc(OC)c21. The highest BCUT2D eigenvalue weighted by Crippen LogP contribution is 2.65. The third kappa shape index (κ3) is 1.70. The summed E-state index contributed by atoms with van der Waals surface area (Å²) < 4.78 is 17.1. The zero-order valence-corrected chi connectivity index (χ0v) is 16.4. The van der Waals surface area contributed by atoms with Crippen LogP contribution in [0, 0.1) is 0 Å². The fourth-order valence-electron chi connectivity index (χ4n) is 5.28. The third-order valence-electron chi connectivity index (χ3n) is 6.44. The van der Waals surface area contributed by atoms with E-state index in [1.807, 2.05) is 36.4 Å². The van der Waals surface area contributed by atoms with Gasteiger partial charge in [-0.15, -0.1) is 0 Å². The van der Waals surface area contributed by atoms with Gasteiger partial charge in [0.25, 0.3) is 0 Å². The molecule has 0 aromatic heterocycles. The Labute approximate surface area is 164 Å². The lowest BCUT2D eigenvalue weighted by Gasteiger charge is -2.53. The quantitative estimate of drug-likeness (QED) is 0.753. The van der Waals surface area contributed by atoms with E-state index in [2.05, 4.69) is 25.1 Å². The van der Waals surface area contributed by atoms with Crippen LogP contribution in [0.15, 0.2) is 54.6 Å². The van der Waals surface area contributed by atoms with Crippen LogP contribution in [-0.4, -0.2) is 26.4 Å². The molecule has 4 nitrogen and oxygen atoms in total. The maximum Gasteiger partial charge on any atom is 0.152 e. The van der Waals surface area contributed by atoms with Crippen molar-refractivity contribution in [2.45, 2.75) is 17.9 Å². The van der Waals surface area contributed by atoms with Gasteiger partial charge in [0.2, 0.25) is 0 Å². The second kappa shape index (κ2) is 5.52. The Bertz CT molecular complexity index is 978. The van der Waals surface area contributed by atoms with Crippen LogP contribution in [0.2, 0.25) is 0 Å². The van der Waals surface area contributed by atoms with Gasteiger partial charge in [-0.1, -0.05) is 36.4 Å². The number of methoxy groups -OCH3 is 3. The smallest absolute Gasteiger partial charge is 0.152 e. The zero-order valence-electron chi connectivity index (χ0n) is 16.4. The minimum atomic E-state index is -1.44. The van der Waals surface area contributed by atoms with Crippen LogP contribution in [0.5, 0.6) is 17.2 Å². The van der Waals surface area contributed by atoms with Crippen LogP contribution >= 0.6 is 0 Å². The topological polar surface area (TPSA) is 47.9 Å². The van der Waals surface area contributed by atoms with Crippen molar-refractivity contribution >= 4 is 0 Å². The molecule has 0 heterocycles. The van der Waals surface area contributed by atoms with Crippen molar-refractivity contribution in [2.24, 2.45) is 0 Å². The van der Waals surface area contributed by atoms with Crippen LogP contribution in [0.1, 0.15) is 40.3 Å². The van der Waals surface area contributed by atoms with Crippen LogP contribution < -0.4 is 14.2 Å². The summed E-state index contributed by atoms with van der Waals surface area (Å²) in [5.41, 5.74) is 3.48. The van der Waals surface area contributed by atoms with Gasteiger partial charge in [0.15, 0.2) is 5.60 Å². The molecular formula is C24H22O4. The van der Waals surface area contributed by atoms with Gasteiger partial charge in [-0.25, -0.2) is 0 Å². The molecule has 0 amide bonds. The lowest BCUT2D eigenvalue weighted by atomic mass is 9.51.